The van der Waals surface area contributed by atoms with Crippen LogP contribution in [0.3, 0.4) is 0 Å². The maximum Gasteiger partial charge on any atom is 0.410 e. The molecule has 8 nitrogen and oxygen atoms in total. The number of amides is 3. The molecular formula is C20H24N2O6. The number of ether oxygens (including phenoxy) is 1. The lowest BCUT2D eigenvalue weighted by Gasteiger charge is -2.38. The SMILES string of the molecule is CC1C(C(=O)ON2C(=O)c3ccccc3C2=O)CCCN1C(=O)OC(C)(C)C. The topological polar surface area (TPSA) is 93.2 Å². The van der Waals surface area contributed by atoms with E-state index in [2.05, 4.69) is 0 Å². The molecule has 1 fully saturated rings. The van der Waals surface area contributed by atoms with E-state index >= 15 is 0 Å². The Morgan fingerprint density at radius 2 is 1.64 bits per heavy atom. The van der Waals surface area contributed by atoms with Crippen LogP contribution in [0.25, 0.3) is 0 Å². The lowest BCUT2D eigenvalue weighted by Crippen LogP contribution is -2.51. The number of likely N-dealkylation sites (tertiary alicyclic amines) is 1. The lowest BCUT2D eigenvalue weighted by molar-refractivity contribution is -0.177. The van der Waals surface area contributed by atoms with Crippen LogP contribution in [0.4, 0.5) is 4.79 Å². The zero-order valence-electron chi connectivity index (χ0n) is 16.4. The van der Waals surface area contributed by atoms with Crippen molar-refractivity contribution in [2.75, 3.05) is 6.54 Å². The number of hydrogen-bond acceptors (Lipinski definition) is 6. The molecule has 0 N–H and O–H groups in total. The number of carbonyl (C=O) groups is 4. The average molecular weight is 388 g/mol. The third kappa shape index (κ3) is 3.72. The van der Waals surface area contributed by atoms with Crippen LogP contribution in [0.5, 0.6) is 0 Å². The van der Waals surface area contributed by atoms with Crippen LogP contribution in [0, 0.1) is 5.92 Å². The fraction of sp³-hybridized carbons (Fsp3) is 0.500. The molecule has 2 aliphatic heterocycles. The summed E-state index contributed by atoms with van der Waals surface area (Å²) in [5.41, 5.74) is -0.246. The Labute approximate surface area is 163 Å². The highest BCUT2D eigenvalue weighted by Gasteiger charge is 2.43. The second-order valence-electron chi connectivity index (χ2n) is 8.02. The quantitative estimate of drug-likeness (QED) is 0.723. The Morgan fingerprint density at radius 3 is 2.18 bits per heavy atom. The van der Waals surface area contributed by atoms with Crippen LogP contribution in [0.1, 0.15) is 61.3 Å². The number of rotatable bonds is 2. The molecule has 1 aromatic rings. The summed E-state index contributed by atoms with van der Waals surface area (Å²) in [7, 11) is 0. The van der Waals surface area contributed by atoms with Gasteiger partial charge < -0.3 is 14.5 Å². The smallest absolute Gasteiger partial charge is 0.410 e. The van der Waals surface area contributed by atoms with E-state index in [0.717, 1.165) is 0 Å². The van der Waals surface area contributed by atoms with Crippen molar-refractivity contribution < 1.29 is 28.8 Å². The zero-order valence-corrected chi connectivity index (χ0v) is 16.4. The summed E-state index contributed by atoms with van der Waals surface area (Å²) in [6.45, 7) is 7.51. The first-order chi connectivity index (χ1) is 13.1. The molecule has 3 amide bonds. The molecule has 150 valence electrons. The number of piperidine rings is 1. The minimum atomic E-state index is -0.713. The second-order valence-corrected chi connectivity index (χ2v) is 8.02. The molecule has 2 atom stereocenters. The number of imide groups is 1. The number of hydrogen-bond donors (Lipinski definition) is 0. The van der Waals surface area contributed by atoms with Crippen molar-refractivity contribution in [3.05, 3.63) is 35.4 Å². The molecule has 2 heterocycles. The number of nitrogens with zero attached hydrogens (tertiary/aromatic N) is 2. The van der Waals surface area contributed by atoms with Gasteiger partial charge in [-0.25, -0.2) is 9.59 Å². The molecule has 8 heteroatoms. The van der Waals surface area contributed by atoms with Gasteiger partial charge in [-0.05, 0) is 52.7 Å². The van der Waals surface area contributed by atoms with Crippen molar-refractivity contribution in [1.82, 2.24) is 9.96 Å². The van der Waals surface area contributed by atoms with Crippen molar-refractivity contribution in [1.29, 1.82) is 0 Å². The molecule has 2 unspecified atom stereocenters. The van der Waals surface area contributed by atoms with Crippen molar-refractivity contribution in [2.24, 2.45) is 5.92 Å². The van der Waals surface area contributed by atoms with Gasteiger partial charge in [-0.2, -0.15) is 0 Å². The molecule has 0 radical (unpaired) electrons. The maximum absolute atomic E-state index is 12.7. The first kappa shape index (κ1) is 19.9. The summed E-state index contributed by atoms with van der Waals surface area (Å²) in [6, 6.07) is 5.81. The minimum absolute atomic E-state index is 0.201. The fourth-order valence-electron chi connectivity index (χ4n) is 3.44. The van der Waals surface area contributed by atoms with Gasteiger partial charge in [0.2, 0.25) is 0 Å². The Kier molecular flexibility index (Phi) is 5.14. The predicted molar refractivity (Wildman–Crippen MR) is 98.2 cm³/mol. The number of fused-ring (bicyclic) bond motifs is 1. The van der Waals surface area contributed by atoms with Gasteiger partial charge in [0.05, 0.1) is 17.0 Å². The molecule has 1 aromatic carbocycles. The molecule has 0 saturated carbocycles. The maximum atomic E-state index is 12.7. The van der Waals surface area contributed by atoms with Crippen LogP contribution in [0.2, 0.25) is 0 Å². The van der Waals surface area contributed by atoms with Gasteiger partial charge in [-0.3, -0.25) is 9.59 Å². The first-order valence-corrected chi connectivity index (χ1v) is 9.29. The van der Waals surface area contributed by atoms with Gasteiger partial charge in [0.15, 0.2) is 0 Å². The third-order valence-corrected chi connectivity index (χ3v) is 4.86. The third-order valence-electron chi connectivity index (χ3n) is 4.86. The number of benzene rings is 1. The van der Waals surface area contributed by atoms with E-state index in [1.807, 2.05) is 0 Å². The van der Waals surface area contributed by atoms with Crippen LogP contribution in [0.15, 0.2) is 24.3 Å². The standard InChI is InChI=1S/C20H24N2O6/c1-12-13(10-7-11-21(12)19(26)27-20(2,3)4)18(25)28-22-16(23)14-8-5-6-9-15(14)17(22)24/h5-6,8-9,12-13H,7,10-11H2,1-4H3. The van der Waals surface area contributed by atoms with Crippen LogP contribution < -0.4 is 0 Å². The van der Waals surface area contributed by atoms with Crippen molar-refractivity contribution >= 4 is 23.9 Å². The number of hydroxylamine groups is 2. The molecule has 1 saturated heterocycles. The van der Waals surface area contributed by atoms with Crippen molar-refractivity contribution in [2.45, 2.75) is 52.2 Å². The zero-order chi connectivity index (χ0) is 20.6. The van der Waals surface area contributed by atoms with E-state index in [-0.39, 0.29) is 11.1 Å². The van der Waals surface area contributed by atoms with Gasteiger partial charge >= 0.3 is 12.1 Å². The Morgan fingerprint density at radius 1 is 1.07 bits per heavy atom. The first-order valence-electron chi connectivity index (χ1n) is 9.29. The van der Waals surface area contributed by atoms with Gasteiger partial charge in [-0.1, -0.05) is 17.2 Å². The van der Waals surface area contributed by atoms with E-state index in [1.165, 1.54) is 17.0 Å². The van der Waals surface area contributed by atoms with Crippen LogP contribution in [-0.2, 0) is 14.4 Å². The van der Waals surface area contributed by atoms with E-state index in [4.69, 9.17) is 9.57 Å². The van der Waals surface area contributed by atoms with Gasteiger partial charge in [-0.15, -0.1) is 0 Å². The molecule has 2 aliphatic rings. The van der Waals surface area contributed by atoms with E-state index in [0.29, 0.717) is 24.4 Å². The molecule has 0 aliphatic carbocycles. The Hall–Kier alpha value is -2.90. The van der Waals surface area contributed by atoms with Gasteiger partial charge in [0.25, 0.3) is 11.8 Å². The average Bonchev–Trinajstić information content (AvgIpc) is 2.85. The molecule has 28 heavy (non-hydrogen) atoms. The molecule has 0 spiro atoms. The highest BCUT2D eigenvalue weighted by molar-refractivity contribution is 6.20. The monoisotopic (exact) mass is 388 g/mol. The van der Waals surface area contributed by atoms with E-state index in [9.17, 15) is 19.2 Å². The van der Waals surface area contributed by atoms with E-state index < -0.39 is 41.4 Å². The van der Waals surface area contributed by atoms with Crippen molar-refractivity contribution in [3.63, 3.8) is 0 Å². The summed E-state index contributed by atoms with van der Waals surface area (Å²) in [4.78, 5) is 56.6. The molecular weight excluding hydrogens is 364 g/mol. The second kappa shape index (κ2) is 7.26. The summed E-state index contributed by atoms with van der Waals surface area (Å²) in [5, 5.41) is 0.506. The normalized spacial score (nSPS) is 22.1. The highest BCUT2D eigenvalue weighted by Crippen LogP contribution is 2.29. The fourth-order valence-corrected chi connectivity index (χ4v) is 3.44. The molecule has 0 aromatic heterocycles. The Bertz CT molecular complexity index is 793. The van der Waals surface area contributed by atoms with Gasteiger partial charge in [0, 0.05) is 12.6 Å². The summed E-state index contributed by atoms with van der Waals surface area (Å²) >= 11 is 0. The minimum Gasteiger partial charge on any atom is -0.444 e. The lowest BCUT2D eigenvalue weighted by atomic mass is 9.90. The number of carbonyl (C=O) groups excluding carboxylic acids is 4. The van der Waals surface area contributed by atoms with E-state index in [1.54, 1.807) is 39.8 Å². The molecule has 3 rings (SSSR count). The predicted octanol–water partition coefficient (Wildman–Crippen LogP) is 2.78. The van der Waals surface area contributed by atoms with Gasteiger partial charge in [0.1, 0.15) is 5.60 Å². The summed E-state index contributed by atoms with van der Waals surface area (Å²) < 4.78 is 5.40. The van der Waals surface area contributed by atoms with Crippen molar-refractivity contribution in [3.8, 4) is 0 Å². The Balaban J connectivity index is 1.70. The molecule has 0 bridgehead atoms. The summed E-state index contributed by atoms with van der Waals surface area (Å²) in [5.74, 6) is -2.70. The van der Waals surface area contributed by atoms with Crippen LogP contribution in [-0.4, -0.2) is 52.0 Å². The largest absolute Gasteiger partial charge is 0.444 e. The highest BCUT2D eigenvalue weighted by atomic mass is 16.7. The van der Waals surface area contributed by atoms with Crippen LogP contribution >= 0.6 is 0 Å². The summed E-state index contributed by atoms with van der Waals surface area (Å²) in [6.07, 6.45) is 0.576.